The summed E-state index contributed by atoms with van der Waals surface area (Å²) in [6.45, 7) is 0. The van der Waals surface area contributed by atoms with Crippen LogP contribution >= 0.6 is 0 Å². The molecule has 2 aromatic heterocycles. The van der Waals surface area contributed by atoms with Crippen molar-refractivity contribution in [3.05, 3.63) is 194 Å². The normalized spacial score (nSPS) is 11.5. The van der Waals surface area contributed by atoms with E-state index in [0.717, 1.165) is 50.3 Å². The average Bonchev–Trinajstić information content (AvgIpc) is 3.61. The maximum Gasteiger partial charge on any atom is 0.153 e. The molecule has 0 atom stereocenters. The van der Waals surface area contributed by atoms with Crippen molar-refractivity contribution in [1.82, 2.24) is 4.98 Å². The first kappa shape index (κ1) is 29.9. The lowest BCUT2D eigenvalue weighted by atomic mass is 9.93. The van der Waals surface area contributed by atoms with Gasteiger partial charge in [-0.3, -0.25) is 4.98 Å². The summed E-state index contributed by atoms with van der Waals surface area (Å²) in [7, 11) is 0. The molecule has 2 heterocycles. The minimum atomic E-state index is 0.798. The molecule has 0 saturated carbocycles. The topological polar surface area (TPSA) is 29.3 Å². The molecule has 0 aliphatic carbocycles. The molecule has 244 valence electrons. The van der Waals surface area contributed by atoms with Gasteiger partial charge in [0.25, 0.3) is 0 Å². The van der Waals surface area contributed by atoms with Crippen LogP contribution in [0.1, 0.15) is 0 Å². The van der Waals surface area contributed by atoms with Crippen molar-refractivity contribution in [2.24, 2.45) is 0 Å². The van der Waals surface area contributed by atoms with Gasteiger partial charge in [0.15, 0.2) is 5.58 Å². The molecule has 0 fully saturated rings. The Balaban J connectivity index is 1.07. The Labute approximate surface area is 301 Å². The minimum absolute atomic E-state index is 0.798. The fourth-order valence-electron chi connectivity index (χ4n) is 7.60. The van der Waals surface area contributed by atoms with Crippen LogP contribution in [0.15, 0.2) is 199 Å². The van der Waals surface area contributed by atoms with E-state index in [0.29, 0.717) is 0 Å². The fourth-order valence-corrected chi connectivity index (χ4v) is 7.60. The molecule has 0 N–H and O–H groups in total. The lowest BCUT2D eigenvalue weighted by molar-refractivity contribution is 0.669. The van der Waals surface area contributed by atoms with Crippen LogP contribution in [0.2, 0.25) is 0 Å². The average molecular weight is 665 g/mol. The highest BCUT2D eigenvalue weighted by molar-refractivity contribution is 6.14. The fraction of sp³-hybridized carbons (Fsp3) is 0. The quantitative estimate of drug-likeness (QED) is 0.166. The van der Waals surface area contributed by atoms with Gasteiger partial charge in [-0.05, 0) is 110 Å². The maximum absolute atomic E-state index is 6.33. The number of para-hydroxylation sites is 1. The van der Waals surface area contributed by atoms with Gasteiger partial charge in [-0.1, -0.05) is 127 Å². The summed E-state index contributed by atoms with van der Waals surface area (Å²) >= 11 is 0. The monoisotopic (exact) mass is 664 g/mol. The molecule has 3 nitrogen and oxygen atoms in total. The first-order chi connectivity index (χ1) is 25.8. The third-order valence-corrected chi connectivity index (χ3v) is 10.1. The Bertz CT molecular complexity index is 2870. The smallest absolute Gasteiger partial charge is 0.153 e. The van der Waals surface area contributed by atoms with Gasteiger partial charge in [0.1, 0.15) is 11.1 Å². The summed E-state index contributed by atoms with van der Waals surface area (Å²) in [5.41, 5.74) is 12.7. The van der Waals surface area contributed by atoms with E-state index in [1.54, 1.807) is 0 Å². The molecule has 0 bridgehead atoms. The third kappa shape index (κ3) is 5.10. The number of pyridine rings is 1. The van der Waals surface area contributed by atoms with Crippen molar-refractivity contribution < 1.29 is 4.42 Å². The first-order valence-electron chi connectivity index (χ1n) is 17.6. The number of furan rings is 1. The second-order valence-corrected chi connectivity index (χ2v) is 13.2. The zero-order valence-electron chi connectivity index (χ0n) is 28.3. The highest BCUT2D eigenvalue weighted by atomic mass is 16.3. The lowest BCUT2D eigenvalue weighted by Crippen LogP contribution is -2.09. The number of aromatic nitrogens is 1. The molecule has 10 rings (SSSR count). The zero-order valence-corrected chi connectivity index (χ0v) is 28.3. The summed E-state index contributed by atoms with van der Waals surface area (Å²) in [4.78, 5) is 6.91. The molecule has 0 spiro atoms. The van der Waals surface area contributed by atoms with E-state index >= 15 is 0 Å². The summed E-state index contributed by atoms with van der Waals surface area (Å²) in [5.74, 6) is 0. The van der Waals surface area contributed by atoms with Crippen LogP contribution in [-0.4, -0.2) is 4.98 Å². The minimum Gasteiger partial charge on any atom is -0.454 e. The molecular weight excluding hydrogens is 633 g/mol. The van der Waals surface area contributed by atoms with E-state index in [2.05, 4.69) is 186 Å². The Morgan fingerprint density at radius 3 is 1.65 bits per heavy atom. The summed E-state index contributed by atoms with van der Waals surface area (Å²) in [6.07, 6.45) is 1.82. The molecule has 0 aliphatic heterocycles. The maximum atomic E-state index is 6.33. The van der Waals surface area contributed by atoms with E-state index in [1.165, 1.54) is 43.8 Å². The molecule has 52 heavy (non-hydrogen) atoms. The van der Waals surface area contributed by atoms with Crippen molar-refractivity contribution in [1.29, 1.82) is 0 Å². The number of hydrogen-bond acceptors (Lipinski definition) is 3. The lowest BCUT2D eigenvalue weighted by Gasteiger charge is -2.26. The second kappa shape index (κ2) is 12.4. The largest absolute Gasteiger partial charge is 0.454 e. The van der Waals surface area contributed by atoms with E-state index in [-0.39, 0.29) is 0 Å². The summed E-state index contributed by atoms with van der Waals surface area (Å²) in [5, 5.41) is 6.08. The van der Waals surface area contributed by atoms with Gasteiger partial charge < -0.3 is 9.32 Å². The third-order valence-electron chi connectivity index (χ3n) is 10.1. The Morgan fingerprint density at radius 2 is 0.942 bits per heavy atom. The molecule has 0 unspecified atom stereocenters. The molecule has 0 radical (unpaired) electrons. The number of rotatable bonds is 6. The van der Waals surface area contributed by atoms with E-state index in [1.807, 2.05) is 18.3 Å². The van der Waals surface area contributed by atoms with Crippen molar-refractivity contribution in [2.75, 3.05) is 4.90 Å². The molecule has 0 aliphatic rings. The van der Waals surface area contributed by atoms with Crippen LogP contribution < -0.4 is 4.90 Å². The van der Waals surface area contributed by atoms with Gasteiger partial charge in [0.05, 0.1) is 0 Å². The molecule has 10 aromatic rings. The van der Waals surface area contributed by atoms with E-state index < -0.39 is 0 Å². The highest BCUT2D eigenvalue weighted by Crippen LogP contribution is 2.41. The van der Waals surface area contributed by atoms with E-state index in [4.69, 9.17) is 4.42 Å². The van der Waals surface area contributed by atoms with Crippen molar-refractivity contribution in [3.63, 3.8) is 0 Å². The van der Waals surface area contributed by atoms with Gasteiger partial charge in [0, 0.05) is 34.2 Å². The number of anilines is 3. The van der Waals surface area contributed by atoms with Gasteiger partial charge in [0.2, 0.25) is 0 Å². The molecule has 0 saturated heterocycles. The van der Waals surface area contributed by atoms with Crippen molar-refractivity contribution >= 4 is 60.7 Å². The predicted octanol–water partition coefficient (Wildman–Crippen LogP) is 13.8. The standard InChI is InChI=1S/C49H32N2O/c1-2-10-33(11-3-1)34-19-25-38(26-20-34)51(39-27-21-35(22-28-39)42-16-8-17-45-48-47(52-49(42)45)18-9-31-50-48)40-29-23-36(24-30-40)46-32-37-12-4-5-13-41(37)43-14-6-7-15-44(43)46/h1-32H. The van der Waals surface area contributed by atoms with Crippen LogP contribution in [0.3, 0.4) is 0 Å². The van der Waals surface area contributed by atoms with Crippen molar-refractivity contribution in [2.45, 2.75) is 0 Å². The van der Waals surface area contributed by atoms with Crippen LogP contribution in [0.5, 0.6) is 0 Å². The van der Waals surface area contributed by atoms with Gasteiger partial charge in [-0.2, -0.15) is 0 Å². The molecule has 3 heteroatoms. The Hall–Kier alpha value is -6.97. The Morgan fingerprint density at radius 1 is 0.385 bits per heavy atom. The molecule has 0 amide bonds. The number of hydrogen-bond donors (Lipinski definition) is 0. The van der Waals surface area contributed by atoms with Gasteiger partial charge in [-0.25, -0.2) is 0 Å². The van der Waals surface area contributed by atoms with Crippen LogP contribution in [-0.2, 0) is 0 Å². The number of fused-ring (bicyclic) bond motifs is 6. The Kier molecular flexibility index (Phi) is 7.14. The number of nitrogens with zero attached hydrogens (tertiary/aromatic N) is 2. The highest BCUT2D eigenvalue weighted by Gasteiger charge is 2.17. The van der Waals surface area contributed by atoms with Gasteiger partial charge >= 0.3 is 0 Å². The van der Waals surface area contributed by atoms with Crippen LogP contribution in [0.4, 0.5) is 17.1 Å². The predicted molar refractivity (Wildman–Crippen MR) is 218 cm³/mol. The summed E-state index contributed by atoms with van der Waals surface area (Å²) < 4.78 is 6.33. The second-order valence-electron chi connectivity index (χ2n) is 13.2. The van der Waals surface area contributed by atoms with Gasteiger partial charge in [-0.15, -0.1) is 0 Å². The SMILES string of the molecule is c1ccc(-c2ccc(N(c3ccc(-c4cc5ccccc5c5ccccc45)cc3)c3ccc(-c4cccc5c4oc4cccnc45)cc3)cc2)cc1. The van der Waals surface area contributed by atoms with E-state index in [9.17, 15) is 0 Å². The zero-order chi connectivity index (χ0) is 34.4. The molecule has 8 aromatic carbocycles. The van der Waals surface area contributed by atoms with Crippen molar-refractivity contribution in [3.8, 4) is 33.4 Å². The van der Waals surface area contributed by atoms with Crippen LogP contribution in [0, 0.1) is 0 Å². The number of benzene rings is 8. The van der Waals surface area contributed by atoms with Crippen LogP contribution in [0.25, 0.3) is 77.0 Å². The molecular formula is C49H32N2O. The first-order valence-corrected chi connectivity index (χ1v) is 17.6. The summed E-state index contributed by atoms with van der Waals surface area (Å²) in [6, 6.07) is 67.0.